The van der Waals surface area contributed by atoms with Crippen molar-refractivity contribution in [3.05, 3.63) is 71.0 Å². The summed E-state index contributed by atoms with van der Waals surface area (Å²) in [5, 5.41) is 10.3. The van der Waals surface area contributed by atoms with Crippen molar-refractivity contribution < 1.29 is 9.90 Å². The van der Waals surface area contributed by atoms with Crippen LogP contribution < -0.4 is 0 Å². The van der Waals surface area contributed by atoms with E-state index in [1.165, 1.54) is 12.3 Å². The minimum atomic E-state index is -0.284. The highest BCUT2D eigenvalue weighted by molar-refractivity contribution is 6.30. The van der Waals surface area contributed by atoms with E-state index in [-0.39, 0.29) is 11.5 Å². The number of benzene rings is 1. The third-order valence-corrected chi connectivity index (χ3v) is 2.61. The second kappa shape index (κ2) is 5.47. The molecule has 0 unspecified atom stereocenters. The molecule has 0 saturated heterocycles. The molecule has 1 aromatic heterocycles. The van der Waals surface area contributed by atoms with Gasteiger partial charge in [-0.05, 0) is 36.4 Å². The van der Waals surface area contributed by atoms with Crippen LogP contribution in [0, 0.1) is 0 Å². The van der Waals surface area contributed by atoms with Gasteiger partial charge in [0.15, 0.2) is 5.78 Å². The minimum absolute atomic E-state index is 0.108. The maximum Gasteiger partial charge on any atom is 0.189 e. The fraction of sp³-hybridized carbons (Fsp3) is 0. The number of hydrogen-bond acceptors (Lipinski definition) is 3. The fourth-order valence-corrected chi connectivity index (χ4v) is 1.55. The molecular formula is C14H10ClNO2. The molecule has 0 spiro atoms. The lowest BCUT2D eigenvalue weighted by Gasteiger charge is -2.00. The molecule has 0 saturated carbocycles. The van der Waals surface area contributed by atoms with E-state index in [0.717, 1.165) is 0 Å². The minimum Gasteiger partial charge on any atom is -0.507 e. The van der Waals surface area contributed by atoms with Crippen LogP contribution in [0.5, 0.6) is 0 Å². The Balaban J connectivity index is 2.23. The van der Waals surface area contributed by atoms with Gasteiger partial charge in [-0.15, -0.1) is 0 Å². The van der Waals surface area contributed by atoms with Crippen LogP contribution in [0.15, 0.2) is 54.9 Å². The Hall–Kier alpha value is -2.13. The Labute approximate surface area is 109 Å². The van der Waals surface area contributed by atoms with Gasteiger partial charge in [0.1, 0.15) is 5.76 Å². The van der Waals surface area contributed by atoms with E-state index in [1.807, 2.05) is 0 Å². The summed E-state index contributed by atoms with van der Waals surface area (Å²) >= 11 is 5.73. The zero-order valence-electron chi connectivity index (χ0n) is 9.38. The van der Waals surface area contributed by atoms with Gasteiger partial charge in [-0.3, -0.25) is 9.78 Å². The Morgan fingerprint density at radius 1 is 1.17 bits per heavy atom. The first-order chi connectivity index (χ1) is 8.66. The van der Waals surface area contributed by atoms with Crippen molar-refractivity contribution in [2.24, 2.45) is 0 Å². The quantitative estimate of drug-likeness (QED) is 0.521. The molecule has 1 N–H and O–H groups in total. The molecule has 0 aliphatic heterocycles. The number of aliphatic hydroxyl groups is 1. The van der Waals surface area contributed by atoms with Crippen molar-refractivity contribution in [1.29, 1.82) is 0 Å². The molecule has 0 aliphatic rings. The first-order valence-corrected chi connectivity index (χ1v) is 5.65. The number of carbonyl (C=O) groups is 1. The molecule has 4 heteroatoms. The summed E-state index contributed by atoms with van der Waals surface area (Å²) in [5.41, 5.74) is 0.967. The molecule has 0 atom stereocenters. The molecule has 2 rings (SSSR count). The van der Waals surface area contributed by atoms with Crippen molar-refractivity contribution in [3.63, 3.8) is 0 Å². The number of pyridine rings is 1. The number of allylic oxidation sites excluding steroid dienone is 1. The summed E-state index contributed by atoms with van der Waals surface area (Å²) in [7, 11) is 0. The maximum atomic E-state index is 11.8. The normalized spacial score (nSPS) is 11.3. The zero-order valence-corrected chi connectivity index (χ0v) is 10.1. The zero-order chi connectivity index (χ0) is 13.0. The van der Waals surface area contributed by atoms with Crippen LogP contribution in [-0.2, 0) is 0 Å². The van der Waals surface area contributed by atoms with Crippen molar-refractivity contribution >= 4 is 23.1 Å². The Bertz CT molecular complexity index is 577. The molecule has 0 amide bonds. The number of hydrogen-bond donors (Lipinski definition) is 1. The van der Waals surface area contributed by atoms with Crippen molar-refractivity contribution in [1.82, 2.24) is 4.98 Å². The van der Waals surface area contributed by atoms with Crippen LogP contribution in [0.3, 0.4) is 0 Å². The average Bonchev–Trinajstić information content (AvgIpc) is 2.40. The average molecular weight is 260 g/mol. The van der Waals surface area contributed by atoms with Gasteiger partial charge >= 0.3 is 0 Å². The van der Waals surface area contributed by atoms with Crippen LogP contribution in [0.1, 0.15) is 15.9 Å². The van der Waals surface area contributed by atoms with Crippen molar-refractivity contribution in [3.8, 4) is 0 Å². The van der Waals surface area contributed by atoms with Crippen LogP contribution in [-0.4, -0.2) is 15.9 Å². The smallest absolute Gasteiger partial charge is 0.189 e. The summed E-state index contributed by atoms with van der Waals surface area (Å²) in [6, 6.07) is 9.84. The lowest BCUT2D eigenvalue weighted by molar-refractivity contribution is 0.104. The first kappa shape index (κ1) is 12.3. The first-order valence-electron chi connectivity index (χ1n) is 5.28. The highest BCUT2D eigenvalue weighted by atomic mass is 35.5. The molecule has 3 nitrogen and oxygen atoms in total. The van der Waals surface area contributed by atoms with Crippen LogP contribution in [0.25, 0.3) is 5.76 Å². The van der Waals surface area contributed by atoms with Gasteiger partial charge in [0.2, 0.25) is 0 Å². The van der Waals surface area contributed by atoms with E-state index in [9.17, 15) is 9.90 Å². The molecular weight excluding hydrogens is 250 g/mol. The highest BCUT2D eigenvalue weighted by Crippen LogP contribution is 2.13. The third kappa shape index (κ3) is 2.96. The molecule has 0 fully saturated rings. The fourth-order valence-electron chi connectivity index (χ4n) is 1.42. The number of aromatic nitrogens is 1. The number of nitrogens with zero attached hydrogens (tertiary/aromatic N) is 1. The topological polar surface area (TPSA) is 50.2 Å². The van der Waals surface area contributed by atoms with Crippen LogP contribution >= 0.6 is 11.6 Å². The van der Waals surface area contributed by atoms with Gasteiger partial charge in [-0.25, -0.2) is 0 Å². The molecule has 1 heterocycles. The van der Waals surface area contributed by atoms with Crippen molar-refractivity contribution in [2.45, 2.75) is 0 Å². The predicted molar refractivity (Wildman–Crippen MR) is 70.6 cm³/mol. The molecule has 0 aliphatic carbocycles. The van der Waals surface area contributed by atoms with Gasteiger partial charge in [0, 0.05) is 34.6 Å². The summed E-state index contributed by atoms with van der Waals surface area (Å²) in [6.07, 6.45) is 4.25. The van der Waals surface area contributed by atoms with E-state index in [2.05, 4.69) is 4.98 Å². The highest BCUT2D eigenvalue weighted by Gasteiger charge is 2.06. The lowest BCUT2D eigenvalue weighted by Crippen LogP contribution is -1.96. The standard InChI is InChI=1S/C14H10ClNO2/c15-12-5-3-10(4-6-12)13(17)8-14(18)11-2-1-7-16-9-11/h1-9,18H/b14-8-. The number of aliphatic hydroxyl groups excluding tert-OH is 1. The van der Waals surface area contributed by atoms with Crippen molar-refractivity contribution in [2.75, 3.05) is 0 Å². The molecule has 1 aromatic carbocycles. The molecule has 2 aromatic rings. The Kier molecular flexibility index (Phi) is 3.75. The molecule has 0 bridgehead atoms. The molecule has 18 heavy (non-hydrogen) atoms. The molecule has 90 valence electrons. The summed E-state index contributed by atoms with van der Waals surface area (Å²) < 4.78 is 0. The number of carbonyl (C=O) groups excluding carboxylic acids is 1. The van der Waals surface area contributed by atoms with Crippen LogP contribution in [0.4, 0.5) is 0 Å². The van der Waals surface area contributed by atoms with E-state index in [0.29, 0.717) is 16.1 Å². The SMILES string of the molecule is O=C(/C=C(\O)c1cccnc1)c1ccc(Cl)cc1. The predicted octanol–water partition coefficient (Wildman–Crippen LogP) is 3.52. The monoisotopic (exact) mass is 259 g/mol. The molecule has 0 radical (unpaired) electrons. The van der Waals surface area contributed by atoms with Gasteiger partial charge in [0.25, 0.3) is 0 Å². The van der Waals surface area contributed by atoms with E-state index >= 15 is 0 Å². The van der Waals surface area contributed by atoms with E-state index < -0.39 is 0 Å². The van der Waals surface area contributed by atoms with Crippen LogP contribution in [0.2, 0.25) is 5.02 Å². The summed E-state index contributed by atoms with van der Waals surface area (Å²) in [6.45, 7) is 0. The number of rotatable bonds is 3. The largest absolute Gasteiger partial charge is 0.507 e. The second-order valence-corrected chi connectivity index (χ2v) is 4.08. The van der Waals surface area contributed by atoms with E-state index in [1.54, 1.807) is 42.6 Å². The number of halogens is 1. The van der Waals surface area contributed by atoms with Gasteiger partial charge in [-0.2, -0.15) is 0 Å². The number of ketones is 1. The third-order valence-electron chi connectivity index (χ3n) is 2.35. The summed E-state index contributed by atoms with van der Waals surface area (Å²) in [5.74, 6) is -0.393. The Morgan fingerprint density at radius 2 is 1.89 bits per heavy atom. The van der Waals surface area contributed by atoms with Gasteiger partial charge in [0.05, 0.1) is 0 Å². The second-order valence-electron chi connectivity index (χ2n) is 3.64. The van der Waals surface area contributed by atoms with E-state index in [4.69, 9.17) is 11.6 Å². The Morgan fingerprint density at radius 3 is 2.50 bits per heavy atom. The van der Waals surface area contributed by atoms with Gasteiger partial charge in [-0.1, -0.05) is 11.6 Å². The summed E-state index contributed by atoms with van der Waals surface area (Å²) in [4.78, 5) is 15.7. The maximum absolute atomic E-state index is 11.8. The van der Waals surface area contributed by atoms with Gasteiger partial charge < -0.3 is 5.11 Å². The lowest BCUT2D eigenvalue weighted by atomic mass is 10.1.